The lowest BCUT2D eigenvalue weighted by Crippen LogP contribution is -2.32. The Morgan fingerprint density at radius 3 is 2.09 bits per heavy atom. The van der Waals surface area contributed by atoms with Crippen molar-refractivity contribution in [3.05, 3.63) is 59.7 Å². The molecule has 0 N–H and O–H groups in total. The summed E-state index contributed by atoms with van der Waals surface area (Å²) in [7, 11) is 1.33. The molecule has 0 spiro atoms. The number of hydrogen-bond donors (Lipinski definition) is 0. The van der Waals surface area contributed by atoms with Crippen LogP contribution in [-0.4, -0.2) is 37.2 Å². The van der Waals surface area contributed by atoms with Crippen LogP contribution in [0.4, 0.5) is 9.18 Å². The zero-order valence-corrected chi connectivity index (χ0v) is 12.7. The van der Waals surface area contributed by atoms with Crippen LogP contribution >= 0.6 is 0 Å². The standard InChI is InChI=1S/C18H16FNO3/c1-20(10-17(19)21)18(22)23-11-16-14-8-4-2-6-12(14)13-7-3-5-9-15(13)16/h2-9,16H,10-11H2,1H3. The van der Waals surface area contributed by atoms with E-state index in [1.54, 1.807) is 0 Å². The Kier molecular flexibility index (Phi) is 4.10. The van der Waals surface area contributed by atoms with Crippen LogP contribution in [0.15, 0.2) is 48.5 Å². The average molecular weight is 313 g/mol. The van der Waals surface area contributed by atoms with Crippen molar-refractivity contribution >= 4 is 12.1 Å². The van der Waals surface area contributed by atoms with Crippen molar-refractivity contribution < 1.29 is 18.7 Å². The van der Waals surface area contributed by atoms with Gasteiger partial charge in [0.05, 0.1) is 0 Å². The molecule has 5 heteroatoms. The molecular weight excluding hydrogens is 297 g/mol. The highest BCUT2D eigenvalue weighted by Crippen LogP contribution is 2.44. The summed E-state index contributed by atoms with van der Waals surface area (Å²) in [5, 5.41) is 0. The van der Waals surface area contributed by atoms with Crippen LogP contribution in [0.2, 0.25) is 0 Å². The number of likely N-dealkylation sites (N-methyl/N-ethyl adjacent to an activating group) is 1. The Bertz CT molecular complexity index is 714. The van der Waals surface area contributed by atoms with E-state index < -0.39 is 18.7 Å². The van der Waals surface area contributed by atoms with Crippen LogP contribution in [0.1, 0.15) is 17.0 Å². The second kappa shape index (κ2) is 6.20. The summed E-state index contributed by atoms with van der Waals surface area (Å²) >= 11 is 0. The van der Waals surface area contributed by atoms with Crippen LogP contribution in [0.5, 0.6) is 0 Å². The Labute approximate surface area is 133 Å². The molecule has 1 amide bonds. The molecule has 0 heterocycles. The fourth-order valence-electron chi connectivity index (χ4n) is 2.96. The number of rotatable bonds is 4. The molecule has 23 heavy (non-hydrogen) atoms. The third-order valence-corrected chi connectivity index (χ3v) is 4.01. The Balaban J connectivity index is 1.78. The average Bonchev–Trinajstić information content (AvgIpc) is 2.86. The fourth-order valence-corrected chi connectivity index (χ4v) is 2.96. The van der Waals surface area contributed by atoms with Gasteiger partial charge in [0.25, 0.3) is 0 Å². The number of halogens is 1. The summed E-state index contributed by atoms with van der Waals surface area (Å²) in [5.74, 6) is -0.0548. The summed E-state index contributed by atoms with van der Waals surface area (Å²) in [6.45, 7) is -0.450. The van der Waals surface area contributed by atoms with E-state index in [0.717, 1.165) is 27.2 Å². The third kappa shape index (κ3) is 2.95. The second-order valence-electron chi connectivity index (χ2n) is 5.52. The van der Waals surface area contributed by atoms with Crippen molar-refractivity contribution in [2.75, 3.05) is 20.2 Å². The predicted molar refractivity (Wildman–Crippen MR) is 83.8 cm³/mol. The summed E-state index contributed by atoms with van der Waals surface area (Å²) in [4.78, 5) is 23.2. The van der Waals surface area contributed by atoms with Gasteiger partial charge in [0.1, 0.15) is 13.2 Å². The second-order valence-corrected chi connectivity index (χ2v) is 5.52. The van der Waals surface area contributed by atoms with Crippen molar-refractivity contribution in [1.29, 1.82) is 0 Å². The molecule has 0 aliphatic heterocycles. The minimum absolute atomic E-state index is 0.0548. The van der Waals surface area contributed by atoms with E-state index in [0.29, 0.717) is 0 Å². The largest absolute Gasteiger partial charge is 0.448 e. The smallest absolute Gasteiger partial charge is 0.410 e. The number of nitrogens with zero attached hydrogens (tertiary/aromatic N) is 1. The van der Waals surface area contributed by atoms with Crippen LogP contribution in [0, 0.1) is 0 Å². The highest BCUT2D eigenvalue weighted by Gasteiger charge is 2.29. The topological polar surface area (TPSA) is 46.6 Å². The first kappa shape index (κ1) is 15.2. The number of fused-ring (bicyclic) bond motifs is 3. The summed E-state index contributed by atoms with van der Waals surface area (Å²) in [6, 6.07) is 14.4. The lowest BCUT2D eigenvalue weighted by molar-refractivity contribution is -0.129. The molecule has 0 atom stereocenters. The maximum absolute atomic E-state index is 12.4. The molecule has 2 aromatic rings. The van der Waals surface area contributed by atoms with Gasteiger partial charge in [-0.05, 0) is 22.3 Å². The number of carbonyl (C=O) groups excluding carboxylic acids is 2. The third-order valence-electron chi connectivity index (χ3n) is 4.01. The minimum atomic E-state index is -1.57. The van der Waals surface area contributed by atoms with Gasteiger partial charge in [-0.3, -0.25) is 4.79 Å². The monoisotopic (exact) mass is 313 g/mol. The van der Waals surface area contributed by atoms with E-state index in [9.17, 15) is 14.0 Å². The molecule has 0 radical (unpaired) electrons. The quantitative estimate of drug-likeness (QED) is 0.813. The van der Waals surface area contributed by atoms with Crippen molar-refractivity contribution in [2.45, 2.75) is 5.92 Å². The summed E-state index contributed by atoms with van der Waals surface area (Å²) in [6.07, 6.45) is -0.710. The Hall–Kier alpha value is -2.69. The van der Waals surface area contributed by atoms with E-state index >= 15 is 0 Å². The first-order valence-corrected chi connectivity index (χ1v) is 7.32. The van der Waals surface area contributed by atoms with Crippen molar-refractivity contribution in [2.24, 2.45) is 0 Å². The van der Waals surface area contributed by atoms with E-state index in [1.807, 2.05) is 48.5 Å². The molecule has 0 saturated carbocycles. The molecule has 0 fully saturated rings. The van der Waals surface area contributed by atoms with Gasteiger partial charge in [-0.25, -0.2) is 4.79 Å². The zero-order valence-electron chi connectivity index (χ0n) is 12.7. The van der Waals surface area contributed by atoms with E-state index in [-0.39, 0.29) is 12.5 Å². The normalized spacial score (nSPS) is 12.4. The molecule has 1 aliphatic carbocycles. The van der Waals surface area contributed by atoms with Gasteiger partial charge in [0, 0.05) is 13.0 Å². The van der Waals surface area contributed by atoms with Gasteiger partial charge in [-0.1, -0.05) is 48.5 Å². The highest BCUT2D eigenvalue weighted by molar-refractivity contribution is 5.79. The minimum Gasteiger partial charge on any atom is -0.448 e. The molecule has 3 rings (SSSR count). The molecule has 1 aliphatic rings. The lowest BCUT2D eigenvalue weighted by atomic mass is 9.98. The van der Waals surface area contributed by atoms with Gasteiger partial charge in [-0.15, -0.1) is 0 Å². The van der Waals surface area contributed by atoms with Crippen LogP contribution in [0.3, 0.4) is 0 Å². The van der Waals surface area contributed by atoms with Crippen LogP contribution in [-0.2, 0) is 9.53 Å². The number of ether oxygens (including phenoxy) is 1. The Morgan fingerprint density at radius 2 is 1.57 bits per heavy atom. The Morgan fingerprint density at radius 1 is 1.04 bits per heavy atom. The molecule has 0 bridgehead atoms. The molecule has 118 valence electrons. The van der Waals surface area contributed by atoms with Gasteiger partial charge < -0.3 is 9.64 Å². The first-order chi connectivity index (χ1) is 11.1. The van der Waals surface area contributed by atoms with Gasteiger partial charge in [0.15, 0.2) is 0 Å². The number of carbonyl (C=O) groups is 2. The van der Waals surface area contributed by atoms with Crippen LogP contribution < -0.4 is 0 Å². The molecule has 0 unspecified atom stereocenters. The maximum atomic E-state index is 12.4. The molecular formula is C18H16FNO3. The number of benzene rings is 2. The van der Waals surface area contributed by atoms with Gasteiger partial charge >= 0.3 is 12.1 Å². The zero-order chi connectivity index (χ0) is 16.4. The fraction of sp³-hybridized carbons (Fsp3) is 0.222. The predicted octanol–water partition coefficient (Wildman–Crippen LogP) is 3.36. The lowest BCUT2D eigenvalue weighted by Gasteiger charge is -2.18. The maximum Gasteiger partial charge on any atom is 0.410 e. The number of amides is 1. The molecule has 2 aromatic carbocycles. The molecule has 0 aromatic heterocycles. The SMILES string of the molecule is CN(CC(=O)F)C(=O)OCC1c2ccccc2-c2ccccc21. The van der Waals surface area contributed by atoms with E-state index in [4.69, 9.17) is 4.74 Å². The van der Waals surface area contributed by atoms with Gasteiger partial charge in [0.2, 0.25) is 0 Å². The summed E-state index contributed by atoms with van der Waals surface area (Å²) < 4.78 is 17.6. The van der Waals surface area contributed by atoms with E-state index in [1.165, 1.54) is 7.05 Å². The van der Waals surface area contributed by atoms with Crippen LogP contribution in [0.25, 0.3) is 11.1 Å². The van der Waals surface area contributed by atoms with Crippen molar-refractivity contribution in [1.82, 2.24) is 4.90 Å². The molecule has 0 saturated heterocycles. The van der Waals surface area contributed by atoms with E-state index in [2.05, 4.69) is 0 Å². The van der Waals surface area contributed by atoms with Gasteiger partial charge in [-0.2, -0.15) is 4.39 Å². The highest BCUT2D eigenvalue weighted by atomic mass is 19.1. The first-order valence-electron chi connectivity index (χ1n) is 7.32. The van der Waals surface area contributed by atoms with Crippen molar-refractivity contribution in [3.8, 4) is 11.1 Å². The van der Waals surface area contributed by atoms with Crippen molar-refractivity contribution in [3.63, 3.8) is 0 Å². The summed E-state index contributed by atoms with van der Waals surface area (Å²) in [5.41, 5.74) is 4.48. The molecule has 4 nitrogen and oxygen atoms in total. The number of hydrogen-bond acceptors (Lipinski definition) is 3.